The molecule has 1 aromatic rings. The van der Waals surface area contributed by atoms with Crippen LogP contribution in [0.2, 0.25) is 0 Å². The van der Waals surface area contributed by atoms with Gasteiger partial charge in [0.2, 0.25) is 0 Å². The van der Waals surface area contributed by atoms with Gasteiger partial charge in [-0.25, -0.2) is 4.39 Å². The summed E-state index contributed by atoms with van der Waals surface area (Å²) < 4.78 is 13.2. The third-order valence-corrected chi connectivity index (χ3v) is 2.43. The van der Waals surface area contributed by atoms with Crippen molar-refractivity contribution >= 4 is 5.78 Å². The minimum absolute atomic E-state index is 0.163. The van der Waals surface area contributed by atoms with Crippen LogP contribution < -0.4 is 0 Å². The third kappa shape index (κ3) is 1.90. The number of hydrogen-bond donors (Lipinski definition) is 0. The Hall–Kier alpha value is -1.44. The lowest BCUT2D eigenvalue weighted by molar-refractivity contribution is -0.114. The van der Waals surface area contributed by atoms with Crippen LogP contribution in [0.4, 0.5) is 4.39 Å². The van der Waals surface area contributed by atoms with E-state index in [2.05, 4.69) is 0 Å². The number of carbonyl (C=O) groups is 1. The maximum atomic E-state index is 13.2. The first kappa shape index (κ1) is 9.13. The van der Waals surface area contributed by atoms with E-state index >= 15 is 0 Å². The zero-order valence-corrected chi connectivity index (χ0v) is 7.79. The number of hydrogen-bond acceptors (Lipinski definition) is 1. The van der Waals surface area contributed by atoms with Gasteiger partial charge in [-0.3, -0.25) is 4.79 Å². The molecular weight excluding hydrogens is 179 g/mol. The first-order chi connectivity index (χ1) is 6.75. The molecule has 0 amide bonds. The zero-order valence-electron chi connectivity index (χ0n) is 7.79. The van der Waals surface area contributed by atoms with Gasteiger partial charge >= 0.3 is 0 Å². The normalized spacial score (nSPS) is 15.8. The van der Waals surface area contributed by atoms with Gasteiger partial charge in [0.15, 0.2) is 5.78 Å². The quantitative estimate of drug-likeness (QED) is 0.700. The second kappa shape index (κ2) is 3.74. The Balaban J connectivity index is 2.15. The van der Waals surface area contributed by atoms with Crippen LogP contribution in [-0.2, 0) is 11.2 Å². The average molecular weight is 190 g/mol. The second-order valence-corrected chi connectivity index (χ2v) is 3.54. The Morgan fingerprint density at radius 2 is 2.00 bits per heavy atom. The van der Waals surface area contributed by atoms with Crippen molar-refractivity contribution in [2.24, 2.45) is 0 Å². The van der Waals surface area contributed by atoms with Crippen molar-refractivity contribution < 1.29 is 9.18 Å². The summed E-state index contributed by atoms with van der Waals surface area (Å²) in [6.07, 6.45) is 3.59. The number of halogens is 1. The van der Waals surface area contributed by atoms with E-state index in [0.29, 0.717) is 18.4 Å². The molecule has 0 unspecified atom stereocenters. The van der Waals surface area contributed by atoms with Gasteiger partial charge in [-0.15, -0.1) is 0 Å². The molecule has 0 bridgehead atoms. The minimum atomic E-state index is -0.187. The SMILES string of the molecule is O=C1C=C(Cc2ccccc2F)CC1. The molecular formula is C12H11FO. The van der Waals surface area contributed by atoms with Crippen LogP contribution in [-0.4, -0.2) is 5.78 Å². The Morgan fingerprint density at radius 1 is 1.21 bits per heavy atom. The van der Waals surface area contributed by atoms with Crippen molar-refractivity contribution in [1.29, 1.82) is 0 Å². The van der Waals surface area contributed by atoms with E-state index in [9.17, 15) is 9.18 Å². The molecule has 1 aromatic carbocycles. The van der Waals surface area contributed by atoms with Gasteiger partial charge in [0.1, 0.15) is 5.82 Å². The smallest absolute Gasteiger partial charge is 0.155 e. The fourth-order valence-electron chi connectivity index (χ4n) is 1.68. The zero-order chi connectivity index (χ0) is 9.97. The second-order valence-electron chi connectivity index (χ2n) is 3.54. The molecule has 0 atom stereocenters. The number of rotatable bonds is 2. The molecule has 0 spiro atoms. The van der Waals surface area contributed by atoms with E-state index in [4.69, 9.17) is 0 Å². The highest BCUT2D eigenvalue weighted by Gasteiger charge is 2.13. The number of allylic oxidation sites excluding steroid dienone is 2. The molecule has 1 aliphatic carbocycles. The molecule has 0 heterocycles. The molecule has 0 saturated carbocycles. The van der Waals surface area contributed by atoms with Crippen molar-refractivity contribution in [3.05, 3.63) is 47.3 Å². The summed E-state index contributed by atoms with van der Waals surface area (Å²) in [7, 11) is 0. The topological polar surface area (TPSA) is 17.1 Å². The fourth-order valence-corrected chi connectivity index (χ4v) is 1.68. The molecule has 1 aliphatic rings. The molecule has 0 N–H and O–H groups in total. The van der Waals surface area contributed by atoms with Gasteiger partial charge in [-0.05, 0) is 30.5 Å². The lowest BCUT2D eigenvalue weighted by Crippen LogP contribution is -1.91. The molecule has 0 aromatic heterocycles. The van der Waals surface area contributed by atoms with Crippen molar-refractivity contribution in [1.82, 2.24) is 0 Å². The number of benzene rings is 1. The predicted octanol–water partition coefficient (Wildman–Crippen LogP) is 2.66. The van der Waals surface area contributed by atoms with E-state index in [0.717, 1.165) is 12.0 Å². The molecule has 0 saturated heterocycles. The molecule has 0 radical (unpaired) electrons. The van der Waals surface area contributed by atoms with Gasteiger partial charge in [-0.1, -0.05) is 23.8 Å². The molecule has 1 nitrogen and oxygen atoms in total. The Morgan fingerprint density at radius 3 is 2.64 bits per heavy atom. The molecule has 2 heteroatoms. The van der Waals surface area contributed by atoms with Crippen molar-refractivity contribution in [2.75, 3.05) is 0 Å². The first-order valence-corrected chi connectivity index (χ1v) is 4.71. The molecule has 0 aliphatic heterocycles. The summed E-state index contributed by atoms with van der Waals surface area (Å²) in [5, 5.41) is 0. The van der Waals surface area contributed by atoms with Crippen LogP contribution in [0.15, 0.2) is 35.9 Å². The van der Waals surface area contributed by atoms with E-state index in [1.807, 2.05) is 6.07 Å². The average Bonchev–Trinajstić information content (AvgIpc) is 2.56. The van der Waals surface area contributed by atoms with E-state index in [1.165, 1.54) is 6.07 Å². The molecule has 72 valence electrons. The Labute approximate surface area is 82.3 Å². The van der Waals surface area contributed by atoms with Crippen LogP contribution in [0, 0.1) is 5.82 Å². The van der Waals surface area contributed by atoms with Gasteiger partial charge < -0.3 is 0 Å². The summed E-state index contributed by atoms with van der Waals surface area (Å²) in [4.78, 5) is 11.0. The van der Waals surface area contributed by atoms with Crippen LogP contribution >= 0.6 is 0 Å². The minimum Gasteiger partial charge on any atom is -0.295 e. The summed E-state index contributed by atoms with van der Waals surface area (Å²) in [5.41, 5.74) is 1.72. The molecule has 0 fully saturated rings. The summed E-state index contributed by atoms with van der Waals surface area (Å²) in [6.45, 7) is 0. The molecule has 14 heavy (non-hydrogen) atoms. The fraction of sp³-hybridized carbons (Fsp3) is 0.250. The Bertz CT molecular complexity index is 393. The predicted molar refractivity (Wildman–Crippen MR) is 52.4 cm³/mol. The van der Waals surface area contributed by atoms with E-state index < -0.39 is 0 Å². The van der Waals surface area contributed by atoms with Gasteiger partial charge in [0.25, 0.3) is 0 Å². The van der Waals surface area contributed by atoms with Gasteiger partial charge in [0, 0.05) is 6.42 Å². The summed E-state index contributed by atoms with van der Waals surface area (Å²) in [6, 6.07) is 6.70. The highest BCUT2D eigenvalue weighted by molar-refractivity contribution is 5.93. The van der Waals surface area contributed by atoms with Crippen LogP contribution in [0.3, 0.4) is 0 Å². The highest BCUT2D eigenvalue weighted by Crippen LogP contribution is 2.20. The van der Waals surface area contributed by atoms with Crippen LogP contribution in [0.5, 0.6) is 0 Å². The van der Waals surface area contributed by atoms with E-state index in [1.54, 1.807) is 18.2 Å². The molecule has 2 rings (SSSR count). The van der Waals surface area contributed by atoms with Crippen LogP contribution in [0.25, 0.3) is 0 Å². The van der Waals surface area contributed by atoms with Crippen molar-refractivity contribution in [3.63, 3.8) is 0 Å². The van der Waals surface area contributed by atoms with Gasteiger partial charge in [-0.2, -0.15) is 0 Å². The van der Waals surface area contributed by atoms with Gasteiger partial charge in [0.05, 0.1) is 0 Å². The third-order valence-electron chi connectivity index (χ3n) is 2.43. The lowest BCUT2D eigenvalue weighted by Gasteiger charge is -2.02. The highest BCUT2D eigenvalue weighted by atomic mass is 19.1. The van der Waals surface area contributed by atoms with Crippen molar-refractivity contribution in [3.8, 4) is 0 Å². The first-order valence-electron chi connectivity index (χ1n) is 4.71. The standard InChI is InChI=1S/C12H11FO/c13-12-4-2-1-3-10(12)7-9-5-6-11(14)8-9/h1-4,8H,5-7H2. The number of carbonyl (C=O) groups excluding carboxylic acids is 1. The summed E-state index contributed by atoms with van der Waals surface area (Å²) >= 11 is 0. The maximum absolute atomic E-state index is 13.2. The monoisotopic (exact) mass is 190 g/mol. The lowest BCUT2D eigenvalue weighted by atomic mass is 10.0. The number of ketones is 1. The van der Waals surface area contributed by atoms with E-state index in [-0.39, 0.29) is 11.6 Å². The van der Waals surface area contributed by atoms with Crippen molar-refractivity contribution in [2.45, 2.75) is 19.3 Å². The Kier molecular flexibility index (Phi) is 2.44. The largest absolute Gasteiger partial charge is 0.295 e. The van der Waals surface area contributed by atoms with Crippen LogP contribution in [0.1, 0.15) is 18.4 Å². The maximum Gasteiger partial charge on any atom is 0.155 e. The summed E-state index contributed by atoms with van der Waals surface area (Å²) in [5.74, 6) is -0.0240.